The van der Waals surface area contributed by atoms with Crippen molar-refractivity contribution in [3.8, 4) is 0 Å². The van der Waals surface area contributed by atoms with Gasteiger partial charge < -0.3 is 20.6 Å². The number of carbonyl (C=O) groups is 1. The molecule has 0 saturated carbocycles. The van der Waals surface area contributed by atoms with Crippen molar-refractivity contribution in [2.24, 2.45) is 0 Å². The van der Waals surface area contributed by atoms with Gasteiger partial charge in [-0.25, -0.2) is 0 Å². The number of nitrogens with one attached hydrogen (secondary N) is 1. The van der Waals surface area contributed by atoms with Crippen molar-refractivity contribution in [3.05, 3.63) is 12.2 Å². The van der Waals surface area contributed by atoms with Crippen molar-refractivity contribution in [2.45, 2.75) is 302 Å². The number of hydrogen-bond donors (Lipinski definition) is 4. The van der Waals surface area contributed by atoms with Crippen molar-refractivity contribution in [1.82, 2.24) is 5.32 Å². The quantitative estimate of drug-likeness (QED) is 0.0365. The summed E-state index contributed by atoms with van der Waals surface area (Å²) in [5.74, 6) is -0.471. The average molecular weight is 792 g/mol. The highest BCUT2D eigenvalue weighted by atomic mass is 16.3. The molecular formula is C51H101NO4. The summed E-state index contributed by atoms with van der Waals surface area (Å²) in [5.41, 5.74) is 0. The molecule has 0 aliphatic heterocycles. The topological polar surface area (TPSA) is 89.8 Å². The van der Waals surface area contributed by atoms with Crippen LogP contribution in [0.3, 0.4) is 0 Å². The summed E-state index contributed by atoms with van der Waals surface area (Å²) in [7, 11) is 0. The van der Waals surface area contributed by atoms with Gasteiger partial charge in [0, 0.05) is 0 Å². The van der Waals surface area contributed by atoms with Gasteiger partial charge in [0.15, 0.2) is 0 Å². The van der Waals surface area contributed by atoms with Crippen LogP contribution < -0.4 is 5.32 Å². The molecule has 0 aromatic rings. The fraction of sp³-hybridized carbons (Fsp3) is 0.941. The number of hydrogen-bond acceptors (Lipinski definition) is 4. The SMILES string of the molecule is CCCCCCCCCCCC/C=C\CCCCCCCCC(O)C(=O)NC(CO)C(O)CCCCCCCCCCCCCCCCCCCCCCCC. The van der Waals surface area contributed by atoms with Crippen LogP contribution in [0.15, 0.2) is 12.2 Å². The predicted molar refractivity (Wildman–Crippen MR) is 245 cm³/mol. The maximum absolute atomic E-state index is 12.5. The van der Waals surface area contributed by atoms with Gasteiger partial charge in [-0.15, -0.1) is 0 Å². The molecule has 0 radical (unpaired) electrons. The van der Waals surface area contributed by atoms with Gasteiger partial charge in [-0.05, 0) is 38.5 Å². The largest absolute Gasteiger partial charge is 0.394 e. The van der Waals surface area contributed by atoms with Crippen LogP contribution in [0.25, 0.3) is 0 Å². The standard InChI is InChI=1S/C51H101NO4/c1-3-5-7-9-11-13-15-17-19-21-23-25-26-28-29-31-33-35-37-39-41-43-45-49(54)48(47-53)52-51(56)50(55)46-44-42-40-38-36-34-32-30-27-24-22-20-18-16-14-12-10-8-6-4-2/h27,30,48-50,53-55H,3-26,28-29,31-47H2,1-2H3,(H,52,56)/b30-27-. The van der Waals surface area contributed by atoms with Gasteiger partial charge in [-0.1, -0.05) is 257 Å². The molecule has 0 fully saturated rings. The van der Waals surface area contributed by atoms with E-state index in [-0.39, 0.29) is 6.61 Å². The molecule has 0 rings (SSSR count). The highest BCUT2D eigenvalue weighted by Crippen LogP contribution is 2.17. The molecule has 0 aliphatic rings. The Morgan fingerprint density at radius 3 is 0.982 bits per heavy atom. The summed E-state index contributed by atoms with van der Waals surface area (Å²) in [6.07, 6.45) is 56.6. The molecule has 5 heteroatoms. The van der Waals surface area contributed by atoms with E-state index in [4.69, 9.17) is 0 Å². The normalized spacial score (nSPS) is 13.4. The van der Waals surface area contributed by atoms with Gasteiger partial charge >= 0.3 is 0 Å². The van der Waals surface area contributed by atoms with Crippen molar-refractivity contribution in [1.29, 1.82) is 0 Å². The van der Waals surface area contributed by atoms with Crippen molar-refractivity contribution in [3.63, 3.8) is 0 Å². The smallest absolute Gasteiger partial charge is 0.249 e. The minimum absolute atomic E-state index is 0.312. The lowest BCUT2D eigenvalue weighted by atomic mass is 10.0. The Morgan fingerprint density at radius 1 is 0.411 bits per heavy atom. The monoisotopic (exact) mass is 792 g/mol. The van der Waals surface area contributed by atoms with Crippen molar-refractivity contribution in [2.75, 3.05) is 6.61 Å². The van der Waals surface area contributed by atoms with Gasteiger partial charge in [0.25, 0.3) is 0 Å². The number of aliphatic hydroxyl groups is 3. The molecule has 0 aliphatic carbocycles. The zero-order valence-electron chi connectivity index (χ0n) is 38.0. The fourth-order valence-electron chi connectivity index (χ4n) is 8.13. The van der Waals surface area contributed by atoms with Gasteiger partial charge in [0.05, 0.1) is 18.8 Å². The molecule has 0 heterocycles. The number of rotatable bonds is 47. The summed E-state index contributed by atoms with van der Waals surface area (Å²) in [6, 6.07) is -0.712. The predicted octanol–water partition coefficient (Wildman–Crippen LogP) is 15.2. The van der Waals surface area contributed by atoms with Crippen LogP contribution >= 0.6 is 0 Å². The Morgan fingerprint density at radius 2 is 0.679 bits per heavy atom. The third-order valence-corrected chi connectivity index (χ3v) is 12.1. The Labute approximate surface area is 350 Å². The Kier molecular flexibility index (Phi) is 46.0. The van der Waals surface area contributed by atoms with E-state index < -0.39 is 24.2 Å². The number of allylic oxidation sites excluding steroid dienone is 2. The van der Waals surface area contributed by atoms with E-state index in [2.05, 4.69) is 31.3 Å². The molecule has 3 atom stereocenters. The summed E-state index contributed by atoms with van der Waals surface area (Å²) in [4.78, 5) is 12.5. The molecule has 0 saturated heterocycles. The molecule has 1 amide bonds. The lowest BCUT2D eigenvalue weighted by Crippen LogP contribution is -2.49. The highest BCUT2D eigenvalue weighted by Gasteiger charge is 2.23. The number of unbranched alkanes of at least 4 members (excludes halogenated alkanes) is 37. The molecular weight excluding hydrogens is 691 g/mol. The van der Waals surface area contributed by atoms with E-state index in [1.54, 1.807) is 0 Å². The first-order chi connectivity index (χ1) is 27.6. The molecule has 3 unspecified atom stereocenters. The van der Waals surface area contributed by atoms with E-state index in [1.807, 2.05) is 0 Å². The van der Waals surface area contributed by atoms with Gasteiger partial charge in [-0.2, -0.15) is 0 Å². The third-order valence-electron chi connectivity index (χ3n) is 12.1. The minimum atomic E-state index is -1.08. The molecule has 0 spiro atoms. The lowest BCUT2D eigenvalue weighted by Gasteiger charge is -2.23. The molecule has 0 aromatic heterocycles. The molecule has 0 bridgehead atoms. The maximum Gasteiger partial charge on any atom is 0.249 e. The van der Waals surface area contributed by atoms with Crippen molar-refractivity contribution >= 4 is 5.91 Å². The third kappa shape index (κ3) is 41.3. The molecule has 4 N–H and O–H groups in total. The second kappa shape index (κ2) is 46.8. The van der Waals surface area contributed by atoms with E-state index in [9.17, 15) is 20.1 Å². The zero-order valence-corrected chi connectivity index (χ0v) is 38.0. The average Bonchev–Trinajstić information content (AvgIpc) is 3.20. The van der Waals surface area contributed by atoms with E-state index >= 15 is 0 Å². The Hall–Kier alpha value is -0.910. The lowest BCUT2D eigenvalue weighted by molar-refractivity contribution is -0.131. The van der Waals surface area contributed by atoms with Crippen LogP contribution in [0.5, 0.6) is 0 Å². The first-order valence-corrected chi connectivity index (χ1v) is 25.5. The van der Waals surface area contributed by atoms with Crippen LogP contribution in [0.2, 0.25) is 0 Å². The summed E-state index contributed by atoms with van der Waals surface area (Å²) >= 11 is 0. The van der Waals surface area contributed by atoms with Crippen molar-refractivity contribution < 1.29 is 20.1 Å². The van der Waals surface area contributed by atoms with Gasteiger partial charge in [0.2, 0.25) is 5.91 Å². The summed E-state index contributed by atoms with van der Waals surface area (Å²) < 4.78 is 0. The first-order valence-electron chi connectivity index (χ1n) is 25.5. The van der Waals surface area contributed by atoms with Gasteiger partial charge in [0.1, 0.15) is 6.10 Å². The Bertz CT molecular complexity index is 788. The van der Waals surface area contributed by atoms with Gasteiger partial charge in [-0.3, -0.25) is 4.79 Å². The maximum atomic E-state index is 12.5. The number of carbonyl (C=O) groups excluding carboxylic acids is 1. The first kappa shape index (κ1) is 55.1. The van der Waals surface area contributed by atoms with Crippen LogP contribution in [0, 0.1) is 0 Å². The zero-order chi connectivity index (χ0) is 40.8. The molecule has 5 nitrogen and oxygen atoms in total. The van der Waals surface area contributed by atoms with E-state index in [1.165, 1.54) is 225 Å². The fourth-order valence-corrected chi connectivity index (χ4v) is 8.13. The van der Waals surface area contributed by atoms with Crippen LogP contribution in [0.4, 0.5) is 0 Å². The number of amides is 1. The summed E-state index contributed by atoms with van der Waals surface area (Å²) in [5, 5.41) is 33.5. The minimum Gasteiger partial charge on any atom is -0.394 e. The second-order valence-corrected chi connectivity index (χ2v) is 17.7. The molecule has 0 aromatic carbocycles. The summed E-state index contributed by atoms with van der Waals surface area (Å²) in [6.45, 7) is 4.26. The molecule has 334 valence electrons. The highest BCUT2D eigenvalue weighted by molar-refractivity contribution is 5.80. The van der Waals surface area contributed by atoms with Crippen LogP contribution in [0.1, 0.15) is 284 Å². The van der Waals surface area contributed by atoms with E-state index in [0.29, 0.717) is 12.8 Å². The molecule has 56 heavy (non-hydrogen) atoms. The second-order valence-electron chi connectivity index (χ2n) is 17.7. The van der Waals surface area contributed by atoms with Crippen LogP contribution in [-0.4, -0.2) is 46.1 Å². The van der Waals surface area contributed by atoms with Crippen LogP contribution in [-0.2, 0) is 4.79 Å². The van der Waals surface area contributed by atoms with E-state index in [0.717, 1.165) is 32.1 Å². The Balaban J connectivity index is 3.56. The number of aliphatic hydroxyl groups excluding tert-OH is 3.